The van der Waals surface area contributed by atoms with Crippen LogP contribution in [0.2, 0.25) is 0 Å². The summed E-state index contributed by atoms with van der Waals surface area (Å²) in [6.45, 7) is 0.501. The van der Waals surface area contributed by atoms with Gasteiger partial charge in [0, 0.05) is 20.4 Å². The van der Waals surface area contributed by atoms with Crippen LogP contribution in [-0.4, -0.2) is 43.0 Å². The molecule has 0 unspecified atom stereocenters. The fourth-order valence-electron chi connectivity index (χ4n) is 1.61. The highest BCUT2D eigenvalue weighted by Crippen LogP contribution is 2.09. The molecule has 0 bridgehead atoms. The van der Waals surface area contributed by atoms with Crippen molar-refractivity contribution < 1.29 is 14.6 Å². The molecule has 0 amide bonds. The highest BCUT2D eigenvalue weighted by molar-refractivity contribution is 5.86. The van der Waals surface area contributed by atoms with Crippen LogP contribution in [-0.2, 0) is 24.9 Å². The van der Waals surface area contributed by atoms with Gasteiger partial charge in [0.25, 0.3) is 0 Å². The summed E-state index contributed by atoms with van der Waals surface area (Å²) in [5.41, 5.74) is 1.11. The van der Waals surface area contributed by atoms with Crippen LogP contribution in [0.1, 0.15) is 21.9 Å². The third kappa shape index (κ3) is 2.38. The van der Waals surface area contributed by atoms with Crippen LogP contribution >= 0.6 is 0 Å². The van der Waals surface area contributed by atoms with E-state index in [2.05, 4.69) is 15.4 Å². The fraction of sp³-hybridized carbons (Fsp3) is 0.400. The van der Waals surface area contributed by atoms with Gasteiger partial charge in [-0.05, 0) is 6.07 Å². The van der Waals surface area contributed by atoms with E-state index in [0.29, 0.717) is 12.2 Å². The summed E-state index contributed by atoms with van der Waals surface area (Å²) in [5.74, 6) is -1.12. The van der Waals surface area contributed by atoms with Crippen LogP contribution in [0, 0.1) is 0 Å². The Morgan fingerprint density at radius 3 is 2.89 bits per heavy atom. The number of ether oxygens (including phenoxy) is 1. The van der Waals surface area contributed by atoms with E-state index >= 15 is 0 Å². The predicted molar refractivity (Wildman–Crippen MR) is 60.0 cm³/mol. The van der Waals surface area contributed by atoms with E-state index in [1.54, 1.807) is 10.9 Å². The monoisotopic (exact) mass is 251 g/mol. The topological polar surface area (TPSA) is 95.1 Å². The van der Waals surface area contributed by atoms with Gasteiger partial charge in [0.1, 0.15) is 0 Å². The molecule has 96 valence electrons. The van der Waals surface area contributed by atoms with E-state index in [1.807, 2.05) is 13.1 Å². The number of nitrogens with zero attached hydrogens (tertiary/aromatic N) is 5. The highest BCUT2D eigenvalue weighted by Gasteiger charge is 2.19. The van der Waals surface area contributed by atoms with E-state index < -0.39 is 5.97 Å². The van der Waals surface area contributed by atoms with E-state index in [9.17, 15) is 4.79 Å². The number of rotatable bonds is 5. The maximum Gasteiger partial charge on any atom is 0.358 e. The molecular weight excluding hydrogens is 238 g/mol. The van der Waals surface area contributed by atoms with Crippen LogP contribution < -0.4 is 0 Å². The van der Waals surface area contributed by atoms with E-state index in [4.69, 9.17) is 9.84 Å². The Bertz CT molecular complexity index is 560. The molecule has 2 heterocycles. The maximum absolute atomic E-state index is 11.0. The lowest BCUT2D eigenvalue weighted by Crippen LogP contribution is -2.10. The van der Waals surface area contributed by atoms with E-state index in [0.717, 1.165) is 5.69 Å². The summed E-state index contributed by atoms with van der Waals surface area (Å²) >= 11 is 0. The maximum atomic E-state index is 11.0. The van der Waals surface area contributed by atoms with Crippen LogP contribution in [0.5, 0.6) is 0 Å². The average Bonchev–Trinajstić information content (AvgIpc) is 2.88. The van der Waals surface area contributed by atoms with Gasteiger partial charge in [0.05, 0.1) is 24.5 Å². The summed E-state index contributed by atoms with van der Waals surface area (Å²) in [6.07, 6.45) is 1.81. The minimum Gasteiger partial charge on any atom is -0.476 e. The molecular formula is C10H13N5O3. The molecule has 0 aliphatic rings. The normalized spacial score (nSPS) is 10.8. The fourth-order valence-corrected chi connectivity index (χ4v) is 1.61. The number of hydrogen-bond donors (Lipinski definition) is 1. The third-order valence-corrected chi connectivity index (χ3v) is 2.40. The third-order valence-electron chi connectivity index (χ3n) is 2.40. The Balaban J connectivity index is 2.29. The van der Waals surface area contributed by atoms with Crippen molar-refractivity contribution in [2.75, 3.05) is 7.11 Å². The number of carboxylic acid groups (broad SMARTS) is 1. The molecule has 0 aliphatic heterocycles. The molecule has 8 nitrogen and oxygen atoms in total. The molecule has 2 aromatic heterocycles. The number of methoxy groups -OCH3 is 1. The van der Waals surface area contributed by atoms with E-state index in [-0.39, 0.29) is 12.3 Å². The summed E-state index contributed by atoms with van der Waals surface area (Å²) < 4.78 is 8.12. The molecule has 0 atom stereocenters. The van der Waals surface area contributed by atoms with Gasteiger partial charge in [-0.2, -0.15) is 5.10 Å². The Morgan fingerprint density at radius 2 is 2.33 bits per heavy atom. The molecule has 0 radical (unpaired) electrons. The zero-order valence-electron chi connectivity index (χ0n) is 10.1. The van der Waals surface area contributed by atoms with Gasteiger partial charge in [-0.1, -0.05) is 5.21 Å². The molecule has 0 spiro atoms. The van der Waals surface area contributed by atoms with Gasteiger partial charge in [-0.25, -0.2) is 9.48 Å². The Kier molecular flexibility index (Phi) is 3.38. The largest absolute Gasteiger partial charge is 0.476 e. The molecule has 2 aromatic rings. The van der Waals surface area contributed by atoms with Crippen molar-refractivity contribution in [1.29, 1.82) is 0 Å². The molecule has 0 aromatic carbocycles. The molecule has 18 heavy (non-hydrogen) atoms. The smallest absolute Gasteiger partial charge is 0.358 e. The lowest BCUT2D eigenvalue weighted by atomic mass is 10.3. The second-order valence-corrected chi connectivity index (χ2v) is 3.76. The highest BCUT2D eigenvalue weighted by atomic mass is 16.5. The second-order valence-electron chi connectivity index (χ2n) is 3.76. The summed E-state index contributed by atoms with van der Waals surface area (Å²) in [7, 11) is 3.30. The second kappa shape index (κ2) is 4.96. The first-order valence-corrected chi connectivity index (χ1v) is 5.25. The Hall–Kier alpha value is -2.22. The summed E-state index contributed by atoms with van der Waals surface area (Å²) in [6, 6.07) is 1.83. The van der Waals surface area contributed by atoms with Gasteiger partial charge >= 0.3 is 5.97 Å². The molecule has 0 saturated carbocycles. The molecule has 2 rings (SSSR count). The lowest BCUT2D eigenvalue weighted by Gasteiger charge is -2.04. The van der Waals surface area contributed by atoms with Gasteiger partial charge in [-0.3, -0.25) is 4.68 Å². The molecule has 0 aliphatic carbocycles. The van der Waals surface area contributed by atoms with Crippen LogP contribution in [0.3, 0.4) is 0 Å². The molecule has 0 fully saturated rings. The zero-order valence-corrected chi connectivity index (χ0v) is 10.1. The number of hydrogen-bond acceptors (Lipinski definition) is 5. The van der Waals surface area contributed by atoms with Crippen molar-refractivity contribution in [3.05, 3.63) is 29.3 Å². The van der Waals surface area contributed by atoms with Crippen molar-refractivity contribution in [2.24, 2.45) is 7.05 Å². The first-order valence-electron chi connectivity index (χ1n) is 5.25. The SMILES string of the molecule is COCc1c(C(=O)O)nnn1Cc1ccn(C)n1. The molecule has 8 heteroatoms. The Morgan fingerprint density at radius 1 is 1.56 bits per heavy atom. The predicted octanol–water partition coefficient (Wildman–Crippen LogP) is -0.0955. The summed E-state index contributed by atoms with van der Waals surface area (Å²) in [5, 5.41) is 20.6. The number of aromatic carboxylic acids is 1. The quantitative estimate of drug-likeness (QED) is 0.797. The minimum absolute atomic E-state index is 0.0900. The summed E-state index contributed by atoms with van der Waals surface area (Å²) in [4.78, 5) is 11.0. The van der Waals surface area contributed by atoms with Crippen LogP contribution in [0.4, 0.5) is 0 Å². The van der Waals surface area contributed by atoms with Crippen LogP contribution in [0.25, 0.3) is 0 Å². The number of aryl methyl sites for hydroxylation is 1. The van der Waals surface area contributed by atoms with Crippen molar-refractivity contribution in [3.8, 4) is 0 Å². The van der Waals surface area contributed by atoms with Gasteiger partial charge in [-0.15, -0.1) is 5.10 Å². The number of carbonyl (C=O) groups is 1. The number of carboxylic acids is 1. The zero-order chi connectivity index (χ0) is 13.1. The van der Waals surface area contributed by atoms with Crippen molar-refractivity contribution >= 4 is 5.97 Å². The average molecular weight is 251 g/mol. The minimum atomic E-state index is -1.12. The standard InChI is InChI=1S/C10H13N5O3/c1-14-4-3-7(12-14)5-15-8(6-18-2)9(10(16)17)11-13-15/h3-4H,5-6H2,1-2H3,(H,16,17). The first-order chi connectivity index (χ1) is 8.61. The van der Waals surface area contributed by atoms with Gasteiger partial charge in [0.2, 0.25) is 0 Å². The van der Waals surface area contributed by atoms with E-state index in [1.165, 1.54) is 11.8 Å². The van der Waals surface area contributed by atoms with Crippen molar-refractivity contribution in [3.63, 3.8) is 0 Å². The van der Waals surface area contributed by atoms with Gasteiger partial charge in [0.15, 0.2) is 5.69 Å². The van der Waals surface area contributed by atoms with Crippen molar-refractivity contribution in [1.82, 2.24) is 24.8 Å². The lowest BCUT2D eigenvalue weighted by molar-refractivity contribution is 0.0684. The van der Waals surface area contributed by atoms with Crippen molar-refractivity contribution in [2.45, 2.75) is 13.2 Å². The van der Waals surface area contributed by atoms with Crippen LogP contribution in [0.15, 0.2) is 12.3 Å². The number of aromatic nitrogens is 5. The Labute approximate surface area is 103 Å². The van der Waals surface area contributed by atoms with Gasteiger partial charge < -0.3 is 9.84 Å². The molecule has 1 N–H and O–H groups in total. The molecule has 0 saturated heterocycles. The first kappa shape index (κ1) is 12.2.